The molecule has 22 heavy (non-hydrogen) atoms. The summed E-state index contributed by atoms with van der Waals surface area (Å²) in [5.74, 6) is -0.0614. The smallest absolute Gasteiger partial charge is 0.242 e. The molecule has 0 unspecified atom stereocenters. The fourth-order valence-electron chi connectivity index (χ4n) is 1.88. The van der Waals surface area contributed by atoms with E-state index in [1.54, 1.807) is 24.3 Å². The first-order chi connectivity index (χ1) is 10.1. The van der Waals surface area contributed by atoms with Gasteiger partial charge >= 0.3 is 0 Å². The van der Waals surface area contributed by atoms with E-state index < -0.39 is 10.0 Å². The van der Waals surface area contributed by atoms with Crippen molar-refractivity contribution in [2.24, 2.45) is 0 Å². The maximum Gasteiger partial charge on any atom is 0.242 e. The lowest BCUT2D eigenvalue weighted by molar-refractivity contribution is -0.120. The van der Waals surface area contributed by atoms with E-state index in [-0.39, 0.29) is 29.4 Å². The standard InChI is InChI=1S/C15H25N3O3S/c1-11(2)17-15(19)10-16-12(3)13-6-8-14(9-7-13)22(20,21)18(4)5/h6-9,11-12,16H,10H2,1-5H3,(H,17,19)/t12-/m1/s1. The minimum Gasteiger partial charge on any atom is -0.353 e. The Balaban J connectivity index is 2.69. The molecule has 0 radical (unpaired) electrons. The van der Waals surface area contributed by atoms with E-state index in [0.29, 0.717) is 0 Å². The molecule has 0 saturated carbocycles. The zero-order valence-corrected chi connectivity index (χ0v) is 14.6. The molecular weight excluding hydrogens is 302 g/mol. The maximum atomic E-state index is 12.0. The zero-order chi connectivity index (χ0) is 16.9. The van der Waals surface area contributed by atoms with Crippen LogP contribution in [-0.4, -0.2) is 45.3 Å². The lowest BCUT2D eigenvalue weighted by Gasteiger charge is -2.16. The molecular formula is C15H25N3O3S. The Morgan fingerprint density at radius 1 is 1.14 bits per heavy atom. The number of rotatable bonds is 7. The zero-order valence-electron chi connectivity index (χ0n) is 13.8. The Morgan fingerprint density at radius 3 is 2.14 bits per heavy atom. The summed E-state index contributed by atoms with van der Waals surface area (Å²) < 4.78 is 25.2. The first kappa shape index (κ1) is 18.6. The summed E-state index contributed by atoms with van der Waals surface area (Å²) in [5.41, 5.74) is 0.926. The van der Waals surface area contributed by atoms with Crippen molar-refractivity contribution in [3.05, 3.63) is 29.8 Å². The molecule has 0 aromatic heterocycles. The highest BCUT2D eigenvalue weighted by molar-refractivity contribution is 7.89. The van der Waals surface area contributed by atoms with Crippen molar-refractivity contribution in [2.45, 2.75) is 37.8 Å². The molecule has 1 aromatic carbocycles. The summed E-state index contributed by atoms with van der Waals surface area (Å²) in [4.78, 5) is 11.8. The van der Waals surface area contributed by atoms with Gasteiger partial charge in [-0.1, -0.05) is 12.1 Å². The van der Waals surface area contributed by atoms with Gasteiger partial charge in [0, 0.05) is 26.2 Å². The van der Waals surface area contributed by atoms with Crippen LogP contribution in [0.4, 0.5) is 0 Å². The first-order valence-electron chi connectivity index (χ1n) is 7.20. The van der Waals surface area contributed by atoms with Crippen molar-refractivity contribution < 1.29 is 13.2 Å². The molecule has 0 bridgehead atoms. The van der Waals surface area contributed by atoms with Crippen LogP contribution in [0.25, 0.3) is 0 Å². The van der Waals surface area contributed by atoms with Crippen LogP contribution in [-0.2, 0) is 14.8 Å². The van der Waals surface area contributed by atoms with Crippen LogP contribution in [0.3, 0.4) is 0 Å². The van der Waals surface area contributed by atoms with Crippen LogP contribution in [0.1, 0.15) is 32.4 Å². The minimum absolute atomic E-state index is 0.0472. The third kappa shape index (κ3) is 5.08. The van der Waals surface area contributed by atoms with Crippen molar-refractivity contribution >= 4 is 15.9 Å². The van der Waals surface area contributed by atoms with E-state index in [0.717, 1.165) is 5.56 Å². The normalized spacial score (nSPS) is 13.4. The highest BCUT2D eigenvalue weighted by Crippen LogP contribution is 2.17. The van der Waals surface area contributed by atoms with Crippen LogP contribution in [0.2, 0.25) is 0 Å². The maximum absolute atomic E-state index is 12.0. The summed E-state index contributed by atoms with van der Waals surface area (Å²) in [5, 5.41) is 5.92. The molecule has 0 aliphatic rings. The summed E-state index contributed by atoms with van der Waals surface area (Å²) in [7, 11) is -0.408. The van der Waals surface area contributed by atoms with E-state index in [4.69, 9.17) is 0 Å². The third-order valence-electron chi connectivity index (χ3n) is 3.18. The van der Waals surface area contributed by atoms with Crippen molar-refractivity contribution in [3.8, 4) is 0 Å². The van der Waals surface area contributed by atoms with Gasteiger partial charge in [0.05, 0.1) is 11.4 Å². The van der Waals surface area contributed by atoms with Gasteiger partial charge in [-0.25, -0.2) is 12.7 Å². The highest BCUT2D eigenvalue weighted by Gasteiger charge is 2.17. The molecule has 1 amide bonds. The molecule has 0 saturated heterocycles. The molecule has 0 aliphatic heterocycles. The van der Waals surface area contributed by atoms with E-state index in [2.05, 4.69) is 10.6 Å². The van der Waals surface area contributed by atoms with Gasteiger partial charge in [0.15, 0.2) is 0 Å². The number of benzene rings is 1. The van der Waals surface area contributed by atoms with Gasteiger partial charge in [-0.3, -0.25) is 4.79 Å². The van der Waals surface area contributed by atoms with Crippen molar-refractivity contribution in [1.82, 2.24) is 14.9 Å². The van der Waals surface area contributed by atoms with Crippen LogP contribution >= 0.6 is 0 Å². The van der Waals surface area contributed by atoms with Gasteiger partial charge in [0.2, 0.25) is 15.9 Å². The van der Waals surface area contributed by atoms with Crippen LogP contribution in [0.5, 0.6) is 0 Å². The van der Waals surface area contributed by atoms with Crippen molar-refractivity contribution in [1.29, 1.82) is 0 Å². The second-order valence-corrected chi connectivity index (χ2v) is 7.83. The molecule has 1 rings (SSSR count). The average Bonchev–Trinajstić information content (AvgIpc) is 2.44. The summed E-state index contributed by atoms with van der Waals surface area (Å²) in [6.07, 6.45) is 0. The Morgan fingerprint density at radius 2 is 1.68 bits per heavy atom. The second-order valence-electron chi connectivity index (χ2n) is 5.68. The van der Waals surface area contributed by atoms with E-state index in [9.17, 15) is 13.2 Å². The van der Waals surface area contributed by atoms with Crippen molar-refractivity contribution in [2.75, 3.05) is 20.6 Å². The Bertz CT molecular complexity index is 595. The molecule has 6 nitrogen and oxygen atoms in total. The fraction of sp³-hybridized carbons (Fsp3) is 0.533. The molecule has 0 heterocycles. The second kappa shape index (κ2) is 7.71. The monoisotopic (exact) mass is 327 g/mol. The number of hydrogen-bond donors (Lipinski definition) is 2. The van der Waals surface area contributed by atoms with Crippen LogP contribution in [0, 0.1) is 0 Å². The average molecular weight is 327 g/mol. The summed E-state index contributed by atoms with van der Waals surface area (Å²) in [6, 6.07) is 6.74. The van der Waals surface area contributed by atoms with E-state index in [1.165, 1.54) is 18.4 Å². The minimum atomic E-state index is -3.41. The van der Waals surface area contributed by atoms with Gasteiger partial charge in [0.1, 0.15) is 0 Å². The van der Waals surface area contributed by atoms with Crippen LogP contribution in [0.15, 0.2) is 29.2 Å². The number of carbonyl (C=O) groups excluding carboxylic acids is 1. The number of carbonyl (C=O) groups is 1. The van der Waals surface area contributed by atoms with E-state index >= 15 is 0 Å². The van der Waals surface area contributed by atoms with Crippen LogP contribution < -0.4 is 10.6 Å². The Labute approximate surface area is 132 Å². The molecule has 1 atom stereocenters. The lowest BCUT2D eigenvalue weighted by Crippen LogP contribution is -2.38. The predicted octanol–water partition coefficient (Wildman–Crippen LogP) is 1.11. The first-order valence-corrected chi connectivity index (χ1v) is 8.64. The van der Waals surface area contributed by atoms with Gasteiger partial charge < -0.3 is 10.6 Å². The highest BCUT2D eigenvalue weighted by atomic mass is 32.2. The van der Waals surface area contributed by atoms with Gasteiger partial charge in [-0.05, 0) is 38.5 Å². The van der Waals surface area contributed by atoms with Gasteiger partial charge in [-0.15, -0.1) is 0 Å². The Hall–Kier alpha value is -1.44. The molecule has 0 fully saturated rings. The molecule has 7 heteroatoms. The quantitative estimate of drug-likeness (QED) is 0.786. The summed E-state index contributed by atoms with van der Waals surface area (Å²) >= 11 is 0. The lowest BCUT2D eigenvalue weighted by atomic mass is 10.1. The number of nitrogens with zero attached hydrogens (tertiary/aromatic N) is 1. The molecule has 1 aromatic rings. The third-order valence-corrected chi connectivity index (χ3v) is 5.01. The van der Waals surface area contributed by atoms with Crippen molar-refractivity contribution in [3.63, 3.8) is 0 Å². The molecule has 0 aliphatic carbocycles. The molecule has 0 spiro atoms. The SMILES string of the molecule is CC(C)NC(=O)CN[C@H](C)c1ccc(S(=O)(=O)N(C)C)cc1. The Kier molecular flexibility index (Phi) is 6.52. The number of amides is 1. The number of nitrogens with one attached hydrogen (secondary N) is 2. The summed E-state index contributed by atoms with van der Waals surface area (Å²) in [6.45, 7) is 5.96. The topological polar surface area (TPSA) is 78.5 Å². The van der Waals surface area contributed by atoms with E-state index in [1.807, 2.05) is 20.8 Å². The fourth-order valence-corrected chi connectivity index (χ4v) is 2.78. The van der Waals surface area contributed by atoms with Gasteiger partial charge in [-0.2, -0.15) is 0 Å². The molecule has 2 N–H and O–H groups in total. The molecule has 124 valence electrons. The predicted molar refractivity (Wildman–Crippen MR) is 87.0 cm³/mol. The van der Waals surface area contributed by atoms with Gasteiger partial charge in [0.25, 0.3) is 0 Å². The number of hydrogen-bond acceptors (Lipinski definition) is 4. The number of sulfonamides is 1. The largest absolute Gasteiger partial charge is 0.353 e.